The van der Waals surface area contributed by atoms with Gasteiger partial charge in [0.15, 0.2) is 0 Å². The quantitative estimate of drug-likeness (QED) is 0.604. The first-order valence-electron chi connectivity index (χ1n) is 4.47. The summed E-state index contributed by atoms with van der Waals surface area (Å²) < 4.78 is 0. The van der Waals surface area contributed by atoms with E-state index in [4.69, 9.17) is 5.11 Å². The molecule has 12 heavy (non-hydrogen) atoms. The monoisotopic (exact) mass is 166 g/mol. The van der Waals surface area contributed by atoms with Crippen LogP contribution in [-0.2, 0) is 4.79 Å². The van der Waals surface area contributed by atoms with E-state index in [0.29, 0.717) is 11.8 Å². The number of fused-ring (bicyclic) bond motifs is 2. The van der Waals surface area contributed by atoms with E-state index in [0.717, 1.165) is 6.42 Å². The van der Waals surface area contributed by atoms with Crippen molar-refractivity contribution in [1.82, 2.24) is 0 Å². The van der Waals surface area contributed by atoms with Gasteiger partial charge in [0.1, 0.15) is 0 Å². The second kappa shape index (κ2) is 2.12. The van der Waals surface area contributed by atoms with Crippen molar-refractivity contribution < 1.29 is 9.90 Å². The minimum absolute atomic E-state index is 0.264. The molecule has 2 aliphatic rings. The van der Waals surface area contributed by atoms with Gasteiger partial charge in [0, 0.05) is 0 Å². The maximum Gasteiger partial charge on any atom is 0.309 e. The molecule has 2 aliphatic carbocycles. The molecule has 1 N–H and O–H groups in total. The summed E-state index contributed by atoms with van der Waals surface area (Å²) in [6.45, 7) is 4.03. The largest absolute Gasteiger partial charge is 0.481 e. The fourth-order valence-electron chi connectivity index (χ4n) is 2.78. The van der Waals surface area contributed by atoms with Crippen molar-refractivity contribution in [2.45, 2.75) is 20.3 Å². The standard InChI is InChI=1S/C10H14O2/c1-6-7-3-4-8(6)10(2,5-7)9(11)12/h3-4,6-8H,5H2,1-2H3,(H,11,12)/t6?,7?,8?,10-/m1/s1. The molecule has 0 spiro atoms. The fraction of sp³-hybridized carbons (Fsp3) is 0.700. The minimum Gasteiger partial charge on any atom is -0.481 e. The van der Waals surface area contributed by atoms with Crippen LogP contribution in [-0.4, -0.2) is 11.1 Å². The first kappa shape index (κ1) is 7.84. The van der Waals surface area contributed by atoms with Crippen molar-refractivity contribution in [2.24, 2.45) is 23.2 Å². The van der Waals surface area contributed by atoms with Crippen LogP contribution >= 0.6 is 0 Å². The van der Waals surface area contributed by atoms with Crippen molar-refractivity contribution >= 4 is 5.97 Å². The molecule has 2 rings (SSSR count). The Bertz CT molecular complexity index is 257. The van der Waals surface area contributed by atoms with E-state index in [1.165, 1.54) is 0 Å². The number of rotatable bonds is 1. The number of hydrogen-bond acceptors (Lipinski definition) is 1. The van der Waals surface area contributed by atoms with Crippen molar-refractivity contribution in [1.29, 1.82) is 0 Å². The summed E-state index contributed by atoms with van der Waals surface area (Å²) in [5, 5.41) is 9.08. The van der Waals surface area contributed by atoms with E-state index in [9.17, 15) is 4.79 Å². The Morgan fingerprint density at radius 2 is 2.25 bits per heavy atom. The molecule has 3 unspecified atom stereocenters. The lowest BCUT2D eigenvalue weighted by atomic mass is 9.77. The highest BCUT2D eigenvalue weighted by molar-refractivity contribution is 5.76. The maximum absolute atomic E-state index is 11.0. The number of allylic oxidation sites excluding steroid dienone is 2. The lowest BCUT2D eigenvalue weighted by Gasteiger charge is -2.26. The topological polar surface area (TPSA) is 37.3 Å². The minimum atomic E-state index is -0.633. The van der Waals surface area contributed by atoms with Crippen LogP contribution in [0.2, 0.25) is 0 Å². The molecule has 0 aromatic rings. The average Bonchev–Trinajstić information content (AvgIpc) is 2.44. The molecule has 0 aliphatic heterocycles. The Hall–Kier alpha value is -0.790. The van der Waals surface area contributed by atoms with E-state index >= 15 is 0 Å². The maximum atomic E-state index is 11.0. The van der Waals surface area contributed by atoms with Crippen LogP contribution < -0.4 is 0 Å². The predicted molar refractivity (Wildman–Crippen MR) is 45.6 cm³/mol. The lowest BCUT2D eigenvalue weighted by Crippen LogP contribution is -2.32. The van der Waals surface area contributed by atoms with Crippen molar-refractivity contribution in [3.05, 3.63) is 12.2 Å². The molecule has 0 aromatic carbocycles. The molecule has 4 atom stereocenters. The van der Waals surface area contributed by atoms with E-state index in [2.05, 4.69) is 19.1 Å². The Morgan fingerprint density at radius 3 is 2.50 bits per heavy atom. The van der Waals surface area contributed by atoms with E-state index in [1.807, 2.05) is 6.92 Å². The summed E-state index contributed by atoms with van der Waals surface area (Å²) in [5.74, 6) is 0.674. The molecule has 2 nitrogen and oxygen atoms in total. The number of carbonyl (C=O) groups is 1. The van der Waals surface area contributed by atoms with E-state index in [1.54, 1.807) is 0 Å². The summed E-state index contributed by atoms with van der Waals surface area (Å²) >= 11 is 0. The van der Waals surface area contributed by atoms with Crippen LogP contribution in [0.25, 0.3) is 0 Å². The number of carboxylic acids is 1. The Morgan fingerprint density at radius 1 is 1.58 bits per heavy atom. The van der Waals surface area contributed by atoms with Crippen molar-refractivity contribution in [2.75, 3.05) is 0 Å². The predicted octanol–water partition coefficient (Wildman–Crippen LogP) is 1.92. The second-order valence-electron chi connectivity index (χ2n) is 4.36. The normalized spacial score (nSPS) is 50.0. The highest BCUT2D eigenvalue weighted by Gasteiger charge is 2.54. The lowest BCUT2D eigenvalue weighted by molar-refractivity contribution is -0.149. The van der Waals surface area contributed by atoms with E-state index in [-0.39, 0.29) is 5.92 Å². The molecule has 2 bridgehead atoms. The Balaban J connectivity index is 2.34. The SMILES string of the molecule is CC1C2C=CC1[C@](C)(C(=O)O)C2. The molecule has 0 amide bonds. The van der Waals surface area contributed by atoms with E-state index < -0.39 is 11.4 Å². The third-order valence-electron chi connectivity index (χ3n) is 3.69. The van der Waals surface area contributed by atoms with Crippen LogP contribution in [0, 0.1) is 23.2 Å². The summed E-state index contributed by atoms with van der Waals surface area (Å²) in [7, 11) is 0. The molecule has 0 radical (unpaired) electrons. The van der Waals surface area contributed by atoms with Gasteiger partial charge in [0.2, 0.25) is 0 Å². The summed E-state index contributed by atoms with van der Waals surface area (Å²) in [5.41, 5.74) is -0.487. The molecule has 1 saturated carbocycles. The molecule has 0 heterocycles. The van der Waals surface area contributed by atoms with Gasteiger partial charge in [-0.15, -0.1) is 0 Å². The molecule has 0 saturated heterocycles. The first-order chi connectivity index (χ1) is 5.55. The molecular formula is C10H14O2. The van der Waals surface area contributed by atoms with Gasteiger partial charge in [-0.3, -0.25) is 4.79 Å². The van der Waals surface area contributed by atoms with Crippen LogP contribution in [0.15, 0.2) is 12.2 Å². The van der Waals surface area contributed by atoms with Gasteiger partial charge in [0.25, 0.3) is 0 Å². The average molecular weight is 166 g/mol. The van der Waals surface area contributed by atoms with Crippen LogP contribution in [0.5, 0.6) is 0 Å². The summed E-state index contributed by atoms with van der Waals surface area (Å²) in [4.78, 5) is 11.0. The highest BCUT2D eigenvalue weighted by atomic mass is 16.4. The molecule has 66 valence electrons. The zero-order chi connectivity index (χ0) is 8.93. The van der Waals surface area contributed by atoms with Crippen LogP contribution in [0.1, 0.15) is 20.3 Å². The van der Waals surface area contributed by atoms with Gasteiger partial charge >= 0.3 is 5.97 Å². The van der Waals surface area contributed by atoms with Gasteiger partial charge in [0.05, 0.1) is 5.41 Å². The fourth-order valence-corrected chi connectivity index (χ4v) is 2.78. The molecule has 1 fully saturated rings. The summed E-state index contributed by atoms with van der Waals surface area (Å²) in [6.07, 6.45) is 5.09. The van der Waals surface area contributed by atoms with Crippen molar-refractivity contribution in [3.8, 4) is 0 Å². The third-order valence-corrected chi connectivity index (χ3v) is 3.69. The van der Waals surface area contributed by atoms with Crippen molar-refractivity contribution in [3.63, 3.8) is 0 Å². The smallest absolute Gasteiger partial charge is 0.309 e. The van der Waals surface area contributed by atoms with Crippen LogP contribution in [0.4, 0.5) is 0 Å². The number of carboxylic acid groups (broad SMARTS) is 1. The highest BCUT2D eigenvalue weighted by Crippen LogP contribution is 2.55. The number of aliphatic carboxylic acids is 1. The van der Waals surface area contributed by atoms with Gasteiger partial charge < -0.3 is 5.11 Å². The van der Waals surface area contributed by atoms with Gasteiger partial charge in [-0.05, 0) is 31.1 Å². The zero-order valence-electron chi connectivity index (χ0n) is 7.45. The summed E-state index contributed by atoms with van der Waals surface area (Å²) in [6, 6.07) is 0. The molecular weight excluding hydrogens is 152 g/mol. The van der Waals surface area contributed by atoms with Gasteiger partial charge in [-0.2, -0.15) is 0 Å². The Labute approximate surface area is 72.3 Å². The first-order valence-corrected chi connectivity index (χ1v) is 4.47. The number of hydrogen-bond donors (Lipinski definition) is 1. The third kappa shape index (κ3) is 0.728. The van der Waals surface area contributed by atoms with Gasteiger partial charge in [-0.25, -0.2) is 0 Å². The zero-order valence-corrected chi connectivity index (χ0v) is 7.45. The molecule has 2 heteroatoms. The molecule has 0 aromatic heterocycles. The second-order valence-corrected chi connectivity index (χ2v) is 4.36. The Kier molecular flexibility index (Phi) is 1.39. The van der Waals surface area contributed by atoms with Crippen LogP contribution in [0.3, 0.4) is 0 Å². The van der Waals surface area contributed by atoms with Gasteiger partial charge in [-0.1, -0.05) is 19.1 Å².